The Bertz CT molecular complexity index is 748. The molecule has 5 heteroatoms. The largest absolute Gasteiger partial charge is 0.494 e. The minimum atomic E-state index is -0.162. The average molecular weight is 372 g/mol. The molecule has 130 valence electrons. The van der Waals surface area contributed by atoms with Crippen molar-refractivity contribution in [2.45, 2.75) is 25.0 Å². The van der Waals surface area contributed by atoms with E-state index in [0.717, 1.165) is 17.7 Å². The summed E-state index contributed by atoms with van der Waals surface area (Å²) in [7, 11) is 0. The van der Waals surface area contributed by atoms with Gasteiger partial charge in [0.05, 0.1) is 11.9 Å². The van der Waals surface area contributed by atoms with E-state index in [0.29, 0.717) is 23.9 Å². The first kappa shape index (κ1) is 18.0. The van der Waals surface area contributed by atoms with Crippen LogP contribution < -0.4 is 4.74 Å². The lowest BCUT2D eigenvalue weighted by Crippen LogP contribution is -2.33. The molecule has 0 N–H and O–H groups in total. The van der Waals surface area contributed by atoms with Gasteiger partial charge in [0.25, 0.3) is 0 Å². The van der Waals surface area contributed by atoms with Crippen LogP contribution in [0.15, 0.2) is 54.6 Å². The van der Waals surface area contributed by atoms with Crippen LogP contribution in [0.5, 0.6) is 5.75 Å². The Kier molecular flexibility index (Phi) is 6.10. The molecule has 0 unspecified atom stereocenters. The van der Waals surface area contributed by atoms with Crippen molar-refractivity contribution < 1.29 is 9.53 Å². The molecule has 3 rings (SSSR count). The molecule has 2 aromatic carbocycles. The lowest BCUT2D eigenvalue weighted by atomic mass is 10.1. The van der Waals surface area contributed by atoms with E-state index in [1.165, 1.54) is 17.3 Å². The number of ether oxygens (including phenoxy) is 1. The van der Waals surface area contributed by atoms with Crippen molar-refractivity contribution in [1.82, 2.24) is 4.90 Å². The maximum atomic E-state index is 12.8. The molecule has 1 saturated heterocycles. The molecular weight excluding hydrogens is 350 g/mol. The number of rotatable bonds is 7. The van der Waals surface area contributed by atoms with Gasteiger partial charge in [-0.2, -0.15) is 0 Å². The molecule has 2 aromatic rings. The van der Waals surface area contributed by atoms with Gasteiger partial charge >= 0.3 is 0 Å². The first-order valence-corrected chi connectivity index (χ1v) is 9.74. The molecular formula is C20H21NO2S2. The predicted octanol–water partition coefficient (Wildman–Crippen LogP) is 4.10. The van der Waals surface area contributed by atoms with Crippen molar-refractivity contribution in [2.75, 3.05) is 13.2 Å². The molecule has 3 nitrogen and oxygen atoms in total. The van der Waals surface area contributed by atoms with Crippen LogP contribution >= 0.6 is 24.0 Å². The number of carbonyl (C=O) groups excluding carboxylic acids is 1. The second-order valence-corrected chi connectivity index (χ2v) is 7.68. The fourth-order valence-corrected chi connectivity index (χ4v) is 4.46. The van der Waals surface area contributed by atoms with Crippen LogP contribution in [0.1, 0.15) is 18.1 Å². The quantitative estimate of drug-likeness (QED) is 0.686. The summed E-state index contributed by atoms with van der Waals surface area (Å²) in [4.78, 5) is 14.5. The zero-order chi connectivity index (χ0) is 17.6. The van der Waals surface area contributed by atoms with Crippen molar-refractivity contribution in [2.24, 2.45) is 0 Å². The van der Waals surface area contributed by atoms with Crippen LogP contribution in [0, 0.1) is 0 Å². The van der Waals surface area contributed by atoms with Crippen LogP contribution in [-0.4, -0.2) is 33.5 Å². The van der Waals surface area contributed by atoms with Gasteiger partial charge in [0.2, 0.25) is 5.91 Å². The zero-order valence-corrected chi connectivity index (χ0v) is 15.8. The van der Waals surface area contributed by atoms with E-state index in [9.17, 15) is 4.79 Å². The van der Waals surface area contributed by atoms with Gasteiger partial charge in [0.1, 0.15) is 10.1 Å². The van der Waals surface area contributed by atoms with Crippen molar-refractivity contribution in [3.8, 4) is 5.75 Å². The second-order valence-electron chi connectivity index (χ2n) is 5.84. The topological polar surface area (TPSA) is 29.5 Å². The SMILES string of the molecule is CCOc1ccccc1C[C@@H]1SC(=S)N(CCc2ccccc2)C1=O. The zero-order valence-electron chi connectivity index (χ0n) is 14.2. The number of amides is 1. The molecule has 1 amide bonds. The number of hydrogen-bond donors (Lipinski definition) is 0. The van der Waals surface area contributed by atoms with Gasteiger partial charge in [-0.05, 0) is 37.0 Å². The Labute approximate surface area is 158 Å². The van der Waals surface area contributed by atoms with Gasteiger partial charge in [-0.1, -0.05) is 72.5 Å². The Morgan fingerprint density at radius 3 is 2.60 bits per heavy atom. The summed E-state index contributed by atoms with van der Waals surface area (Å²) in [5.74, 6) is 0.962. The number of carbonyl (C=O) groups is 1. The lowest BCUT2D eigenvalue weighted by Gasteiger charge is -2.16. The van der Waals surface area contributed by atoms with Gasteiger partial charge in [-0.3, -0.25) is 9.69 Å². The smallest absolute Gasteiger partial charge is 0.241 e. The highest BCUT2D eigenvalue weighted by molar-refractivity contribution is 8.24. The Morgan fingerprint density at radius 1 is 1.12 bits per heavy atom. The summed E-state index contributed by atoms with van der Waals surface area (Å²) >= 11 is 6.94. The summed E-state index contributed by atoms with van der Waals surface area (Å²) in [6, 6.07) is 18.1. The summed E-state index contributed by atoms with van der Waals surface area (Å²) in [5.41, 5.74) is 2.27. The summed E-state index contributed by atoms with van der Waals surface area (Å²) in [5, 5.41) is -0.162. The van der Waals surface area contributed by atoms with Crippen LogP contribution in [-0.2, 0) is 17.6 Å². The molecule has 1 aliphatic rings. The minimum absolute atomic E-state index is 0.109. The molecule has 0 radical (unpaired) electrons. The predicted molar refractivity (Wildman–Crippen MR) is 107 cm³/mol. The maximum Gasteiger partial charge on any atom is 0.241 e. The highest BCUT2D eigenvalue weighted by Gasteiger charge is 2.36. The summed E-state index contributed by atoms with van der Waals surface area (Å²) in [6.45, 7) is 3.22. The minimum Gasteiger partial charge on any atom is -0.494 e. The molecule has 0 aromatic heterocycles. The van der Waals surface area contributed by atoms with Crippen molar-refractivity contribution >= 4 is 34.2 Å². The van der Waals surface area contributed by atoms with Crippen molar-refractivity contribution in [3.63, 3.8) is 0 Å². The molecule has 0 aliphatic carbocycles. The van der Waals surface area contributed by atoms with Crippen LogP contribution in [0.4, 0.5) is 0 Å². The molecule has 1 fully saturated rings. The molecule has 1 heterocycles. The van der Waals surface area contributed by atoms with Gasteiger partial charge in [-0.15, -0.1) is 0 Å². The highest BCUT2D eigenvalue weighted by Crippen LogP contribution is 2.32. The van der Waals surface area contributed by atoms with E-state index in [1.807, 2.05) is 49.4 Å². The van der Waals surface area contributed by atoms with Gasteiger partial charge in [0, 0.05) is 6.54 Å². The first-order chi connectivity index (χ1) is 12.2. The molecule has 1 aliphatic heterocycles. The third kappa shape index (κ3) is 4.41. The maximum absolute atomic E-state index is 12.8. The Hall–Kier alpha value is -1.85. The van der Waals surface area contributed by atoms with E-state index in [1.54, 1.807) is 4.90 Å². The average Bonchev–Trinajstić information content (AvgIpc) is 2.89. The van der Waals surface area contributed by atoms with E-state index < -0.39 is 0 Å². The molecule has 1 atom stereocenters. The third-order valence-electron chi connectivity index (χ3n) is 4.15. The molecule has 0 spiro atoms. The Morgan fingerprint density at radius 2 is 1.84 bits per heavy atom. The van der Waals surface area contributed by atoms with Crippen molar-refractivity contribution in [1.29, 1.82) is 0 Å². The molecule has 0 saturated carbocycles. The lowest BCUT2D eigenvalue weighted by molar-refractivity contribution is -0.126. The van der Waals surface area contributed by atoms with E-state index in [2.05, 4.69) is 12.1 Å². The van der Waals surface area contributed by atoms with E-state index in [-0.39, 0.29) is 11.2 Å². The van der Waals surface area contributed by atoms with Gasteiger partial charge in [0.15, 0.2) is 0 Å². The standard InChI is InChI=1S/C20H21NO2S2/c1-2-23-17-11-7-6-10-16(17)14-18-19(22)21(20(24)25-18)13-12-15-8-4-3-5-9-15/h3-11,18H,2,12-14H2,1H3/t18-/m0/s1. The van der Waals surface area contributed by atoms with Gasteiger partial charge in [-0.25, -0.2) is 0 Å². The number of nitrogens with zero attached hydrogens (tertiary/aromatic N) is 1. The molecule has 25 heavy (non-hydrogen) atoms. The molecule has 0 bridgehead atoms. The normalized spacial score (nSPS) is 17.2. The fourth-order valence-electron chi connectivity index (χ4n) is 2.88. The second kappa shape index (κ2) is 8.50. The van der Waals surface area contributed by atoms with Crippen LogP contribution in [0.2, 0.25) is 0 Å². The number of hydrogen-bond acceptors (Lipinski definition) is 4. The summed E-state index contributed by atoms with van der Waals surface area (Å²) < 4.78 is 6.35. The number of para-hydroxylation sites is 1. The number of thioether (sulfide) groups is 1. The Balaban J connectivity index is 1.65. The van der Waals surface area contributed by atoms with Crippen LogP contribution in [0.25, 0.3) is 0 Å². The van der Waals surface area contributed by atoms with Gasteiger partial charge < -0.3 is 4.74 Å². The van der Waals surface area contributed by atoms with E-state index in [4.69, 9.17) is 17.0 Å². The monoisotopic (exact) mass is 371 g/mol. The summed E-state index contributed by atoms with van der Waals surface area (Å²) in [6.07, 6.45) is 1.46. The fraction of sp³-hybridized carbons (Fsp3) is 0.300. The van der Waals surface area contributed by atoms with Crippen LogP contribution in [0.3, 0.4) is 0 Å². The highest BCUT2D eigenvalue weighted by atomic mass is 32.2. The van der Waals surface area contributed by atoms with Crippen molar-refractivity contribution in [3.05, 3.63) is 65.7 Å². The first-order valence-electron chi connectivity index (χ1n) is 8.45. The number of benzene rings is 2. The third-order valence-corrected chi connectivity index (χ3v) is 5.73. The number of thiocarbonyl (C=S) groups is 1. The van der Waals surface area contributed by atoms with E-state index >= 15 is 0 Å².